The zero-order valence-corrected chi connectivity index (χ0v) is 17.9. The highest BCUT2D eigenvalue weighted by Gasteiger charge is 2.39. The molecule has 0 atom stereocenters. The van der Waals surface area contributed by atoms with Crippen molar-refractivity contribution >= 4 is 27.6 Å². The molecule has 0 unspecified atom stereocenters. The first-order chi connectivity index (χ1) is 13.8. The summed E-state index contributed by atoms with van der Waals surface area (Å²) in [5, 5.41) is 0.0425. The summed E-state index contributed by atoms with van der Waals surface area (Å²) in [6, 6.07) is 9.15. The van der Waals surface area contributed by atoms with E-state index in [1.54, 1.807) is 25.3 Å². The summed E-state index contributed by atoms with van der Waals surface area (Å²) in [6.07, 6.45) is 1.50. The second-order valence-electron chi connectivity index (χ2n) is 6.60. The first kappa shape index (κ1) is 21.4. The molecule has 7 nitrogen and oxygen atoms in total. The van der Waals surface area contributed by atoms with Crippen molar-refractivity contribution in [2.75, 3.05) is 21.3 Å². The number of nitrogens with zero attached hydrogens (tertiary/aromatic N) is 1. The Labute approximate surface area is 175 Å². The van der Waals surface area contributed by atoms with Crippen molar-refractivity contribution in [3.8, 4) is 11.5 Å². The van der Waals surface area contributed by atoms with Crippen LogP contribution in [0.3, 0.4) is 0 Å². The number of hydrogen-bond acceptors (Lipinski definition) is 6. The van der Waals surface area contributed by atoms with Crippen LogP contribution < -0.4 is 9.47 Å². The van der Waals surface area contributed by atoms with E-state index in [4.69, 9.17) is 25.8 Å². The number of methoxy groups -OCH3 is 3. The van der Waals surface area contributed by atoms with Gasteiger partial charge in [0, 0.05) is 18.2 Å². The monoisotopic (exact) mass is 439 g/mol. The van der Waals surface area contributed by atoms with E-state index in [0.717, 1.165) is 12.8 Å². The third-order valence-corrected chi connectivity index (χ3v) is 7.09. The van der Waals surface area contributed by atoms with E-state index in [0.29, 0.717) is 17.1 Å². The second kappa shape index (κ2) is 8.61. The molecule has 0 saturated heterocycles. The minimum absolute atomic E-state index is 0.0425. The number of sulfonamides is 1. The molecule has 1 saturated carbocycles. The Bertz CT molecular complexity index is 1020. The minimum Gasteiger partial charge on any atom is -0.497 e. The summed E-state index contributed by atoms with van der Waals surface area (Å²) < 4.78 is 43.7. The maximum atomic E-state index is 13.5. The van der Waals surface area contributed by atoms with Gasteiger partial charge in [-0.05, 0) is 49.2 Å². The molecular weight excluding hydrogens is 418 g/mol. The fourth-order valence-corrected chi connectivity index (χ4v) is 5.18. The molecule has 0 amide bonds. The summed E-state index contributed by atoms with van der Waals surface area (Å²) in [5.74, 6) is 0.520. The Kier molecular flexibility index (Phi) is 6.36. The van der Waals surface area contributed by atoms with Gasteiger partial charge in [0.25, 0.3) is 0 Å². The molecule has 0 N–H and O–H groups in total. The van der Waals surface area contributed by atoms with Crippen molar-refractivity contribution in [1.82, 2.24) is 4.31 Å². The molecular formula is C20H22ClNO6S. The molecule has 1 aliphatic carbocycles. The van der Waals surface area contributed by atoms with Crippen LogP contribution in [-0.4, -0.2) is 46.1 Å². The van der Waals surface area contributed by atoms with Gasteiger partial charge in [0.05, 0.1) is 31.9 Å². The van der Waals surface area contributed by atoms with E-state index in [1.807, 2.05) is 0 Å². The average molecular weight is 440 g/mol. The molecule has 156 valence electrons. The van der Waals surface area contributed by atoms with Crippen molar-refractivity contribution in [2.24, 2.45) is 0 Å². The third-order valence-electron chi connectivity index (χ3n) is 4.71. The highest BCUT2D eigenvalue weighted by molar-refractivity contribution is 7.89. The number of rotatable bonds is 8. The quantitative estimate of drug-likeness (QED) is 0.585. The van der Waals surface area contributed by atoms with Gasteiger partial charge in [-0.15, -0.1) is 0 Å². The van der Waals surface area contributed by atoms with E-state index in [9.17, 15) is 13.2 Å². The number of halogens is 1. The van der Waals surface area contributed by atoms with Crippen LogP contribution in [0.25, 0.3) is 0 Å². The summed E-state index contributed by atoms with van der Waals surface area (Å²) in [5.41, 5.74) is 0.785. The topological polar surface area (TPSA) is 82.1 Å². The van der Waals surface area contributed by atoms with E-state index >= 15 is 0 Å². The van der Waals surface area contributed by atoms with Gasteiger partial charge in [0.15, 0.2) is 0 Å². The summed E-state index contributed by atoms with van der Waals surface area (Å²) in [4.78, 5) is 11.7. The SMILES string of the molecule is COC(=O)c1ccc(Cl)c(S(=O)(=O)N(Cc2cc(OC)ccc2OC)C2CC2)c1. The largest absolute Gasteiger partial charge is 0.497 e. The molecule has 0 aromatic heterocycles. The highest BCUT2D eigenvalue weighted by atomic mass is 35.5. The molecule has 0 bridgehead atoms. The van der Waals surface area contributed by atoms with Crippen molar-refractivity contribution in [3.63, 3.8) is 0 Å². The number of carbonyl (C=O) groups excluding carboxylic acids is 1. The lowest BCUT2D eigenvalue weighted by molar-refractivity contribution is 0.0600. The second-order valence-corrected chi connectivity index (χ2v) is 8.86. The lowest BCUT2D eigenvalue weighted by Crippen LogP contribution is -2.33. The van der Waals surface area contributed by atoms with Crippen LogP contribution in [0.1, 0.15) is 28.8 Å². The number of carbonyl (C=O) groups is 1. The van der Waals surface area contributed by atoms with E-state index in [-0.39, 0.29) is 28.1 Å². The number of hydrogen-bond donors (Lipinski definition) is 0. The molecule has 29 heavy (non-hydrogen) atoms. The predicted molar refractivity (Wildman–Crippen MR) is 108 cm³/mol. The molecule has 2 aromatic rings. The molecule has 2 aromatic carbocycles. The minimum atomic E-state index is -3.98. The molecule has 1 fully saturated rings. The normalized spacial score (nSPS) is 14.0. The molecule has 0 heterocycles. The average Bonchev–Trinajstić information content (AvgIpc) is 3.56. The zero-order chi connectivity index (χ0) is 21.2. The van der Waals surface area contributed by atoms with Gasteiger partial charge >= 0.3 is 5.97 Å². The predicted octanol–water partition coefficient (Wildman–Crippen LogP) is 3.50. The highest BCUT2D eigenvalue weighted by Crippen LogP contribution is 2.37. The summed E-state index contributed by atoms with van der Waals surface area (Å²) >= 11 is 6.20. The van der Waals surface area contributed by atoms with Crippen LogP contribution in [0, 0.1) is 0 Å². The van der Waals surface area contributed by atoms with Crippen molar-refractivity contribution in [1.29, 1.82) is 0 Å². The molecule has 0 aliphatic heterocycles. The van der Waals surface area contributed by atoms with Crippen LogP contribution in [0.2, 0.25) is 5.02 Å². The van der Waals surface area contributed by atoms with Crippen LogP contribution >= 0.6 is 11.6 Å². The van der Waals surface area contributed by atoms with Crippen LogP contribution in [0.5, 0.6) is 11.5 Å². The van der Waals surface area contributed by atoms with Crippen molar-refractivity contribution < 1.29 is 27.4 Å². The standard InChI is InChI=1S/C20H22ClNO6S/c1-26-16-7-9-18(27-2)14(10-16)12-22(15-5-6-15)29(24,25)19-11-13(20(23)28-3)4-8-17(19)21/h4,7-11,15H,5-6,12H2,1-3H3. The molecule has 1 aliphatic rings. The first-order valence-electron chi connectivity index (χ1n) is 8.92. The van der Waals surface area contributed by atoms with Crippen molar-refractivity contribution in [3.05, 3.63) is 52.5 Å². The van der Waals surface area contributed by atoms with Gasteiger partial charge < -0.3 is 14.2 Å². The smallest absolute Gasteiger partial charge is 0.337 e. The van der Waals surface area contributed by atoms with E-state index in [2.05, 4.69) is 0 Å². The fourth-order valence-electron chi connectivity index (χ4n) is 3.02. The third kappa shape index (κ3) is 4.49. The van der Waals surface area contributed by atoms with Gasteiger partial charge in [-0.3, -0.25) is 0 Å². The summed E-state index contributed by atoms with van der Waals surface area (Å²) in [7, 11) is 0.321. The lowest BCUT2D eigenvalue weighted by Gasteiger charge is -2.24. The Balaban J connectivity index is 2.03. The van der Waals surface area contributed by atoms with Crippen LogP contribution in [-0.2, 0) is 21.3 Å². The Morgan fingerprint density at radius 2 is 1.83 bits per heavy atom. The maximum absolute atomic E-state index is 13.5. The number of esters is 1. The van der Waals surface area contributed by atoms with Gasteiger partial charge in [-0.2, -0.15) is 4.31 Å². The maximum Gasteiger partial charge on any atom is 0.337 e. The van der Waals surface area contributed by atoms with E-state index < -0.39 is 16.0 Å². The Hall–Kier alpha value is -2.29. The molecule has 9 heteroatoms. The lowest BCUT2D eigenvalue weighted by atomic mass is 10.2. The molecule has 0 radical (unpaired) electrons. The summed E-state index contributed by atoms with van der Waals surface area (Å²) in [6.45, 7) is 0.0894. The van der Waals surface area contributed by atoms with Gasteiger partial charge in [-0.1, -0.05) is 11.6 Å². The van der Waals surface area contributed by atoms with Crippen LogP contribution in [0.15, 0.2) is 41.3 Å². The van der Waals surface area contributed by atoms with Gasteiger partial charge in [0.2, 0.25) is 10.0 Å². The van der Waals surface area contributed by atoms with Crippen molar-refractivity contribution in [2.45, 2.75) is 30.3 Å². The number of ether oxygens (including phenoxy) is 3. The molecule has 3 rings (SSSR count). The number of benzene rings is 2. The zero-order valence-electron chi connectivity index (χ0n) is 16.3. The van der Waals surface area contributed by atoms with Gasteiger partial charge in [0.1, 0.15) is 16.4 Å². The Morgan fingerprint density at radius 1 is 1.10 bits per heavy atom. The fraction of sp³-hybridized carbons (Fsp3) is 0.350. The van der Waals surface area contributed by atoms with Gasteiger partial charge in [-0.25, -0.2) is 13.2 Å². The molecule has 0 spiro atoms. The van der Waals surface area contributed by atoms with Crippen LogP contribution in [0.4, 0.5) is 0 Å². The first-order valence-corrected chi connectivity index (χ1v) is 10.7. The van der Waals surface area contributed by atoms with E-state index in [1.165, 1.54) is 36.7 Å². The Morgan fingerprint density at radius 3 is 2.41 bits per heavy atom.